The highest BCUT2D eigenvalue weighted by atomic mass is 32.1. The van der Waals surface area contributed by atoms with Gasteiger partial charge in [0.2, 0.25) is 0 Å². The molecule has 4 rings (SSSR count). The van der Waals surface area contributed by atoms with Gasteiger partial charge < -0.3 is 19.8 Å². The van der Waals surface area contributed by atoms with Crippen LogP contribution in [0.5, 0.6) is 5.75 Å². The average molecular weight is 500 g/mol. The van der Waals surface area contributed by atoms with Gasteiger partial charge in [0.15, 0.2) is 5.11 Å². The Balaban J connectivity index is 1.24. The quantitative estimate of drug-likeness (QED) is 0.282. The Morgan fingerprint density at radius 2 is 1.64 bits per heavy atom. The number of hydrogen-bond donors (Lipinski definition) is 3. The number of carbonyl (C=O) groups is 2. The zero-order chi connectivity index (χ0) is 25.2. The smallest absolute Gasteiger partial charge is 0.257 e. The highest BCUT2D eigenvalue weighted by Crippen LogP contribution is 2.15. The number of furan rings is 1. The standard InChI is InChI=1S/C28H25N3O4S/c32-26(29-19-25-10-5-16-34-25)21-11-13-23(14-12-21)30-28(36)31-27(33)22-8-4-9-24(18-22)35-17-15-20-6-2-1-3-7-20/h1-14,16,18H,15,17,19H2,(H,29,32)(H2,30,31,33,36). The summed E-state index contributed by atoms with van der Waals surface area (Å²) in [6, 6.07) is 27.3. The first-order chi connectivity index (χ1) is 17.6. The molecule has 0 unspecified atom stereocenters. The normalized spacial score (nSPS) is 10.3. The summed E-state index contributed by atoms with van der Waals surface area (Å²) in [4.78, 5) is 24.9. The monoisotopic (exact) mass is 499 g/mol. The summed E-state index contributed by atoms with van der Waals surface area (Å²) < 4.78 is 11.0. The van der Waals surface area contributed by atoms with Crippen LogP contribution in [0.15, 0.2) is 102 Å². The van der Waals surface area contributed by atoms with Crippen LogP contribution in [0.2, 0.25) is 0 Å². The van der Waals surface area contributed by atoms with Crippen molar-refractivity contribution in [2.24, 2.45) is 0 Å². The highest BCUT2D eigenvalue weighted by molar-refractivity contribution is 7.80. The fourth-order valence-electron chi connectivity index (χ4n) is 3.38. The number of carbonyl (C=O) groups excluding carboxylic acids is 2. The van der Waals surface area contributed by atoms with Gasteiger partial charge in [0.1, 0.15) is 11.5 Å². The molecule has 0 saturated carbocycles. The lowest BCUT2D eigenvalue weighted by molar-refractivity contribution is 0.0946. The van der Waals surface area contributed by atoms with E-state index in [0.717, 1.165) is 6.42 Å². The number of nitrogens with one attached hydrogen (secondary N) is 3. The summed E-state index contributed by atoms with van der Waals surface area (Å²) >= 11 is 5.28. The molecule has 0 aliphatic heterocycles. The van der Waals surface area contributed by atoms with E-state index in [1.807, 2.05) is 36.4 Å². The van der Waals surface area contributed by atoms with Gasteiger partial charge in [-0.25, -0.2) is 0 Å². The van der Waals surface area contributed by atoms with Crippen LogP contribution in [0, 0.1) is 0 Å². The van der Waals surface area contributed by atoms with E-state index in [9.17, 15) is 9.59 Å². The van der Waals surface area contributed by atoms with E-state index in [4.69, 9.17) is 21.4 Å². The van der Waals surface area contributed by atoms with Gasteiger partial charge in [-0.3, -0.25) is 14.9 Å². The molecule has 0 saturated heterocycles. The molecule has 7 nitrogen and oxygen atoms in total. The van der Waals surface area contributed by atoms with E-state index in [1.165, 1.54) is 5.56 Å². The predicted octanol–water partition coefficient (Wildman–Crippen LogP) is 4.96. The Hall–Kier alpha value is -4.43. The summed E-state index contributed by atoms with van der Waals surface area (Å²) in [6.45, 7) is 0.813. The van der Waals surface area contributed by atoms with Gasteiger partial charge in [0.05, 0.1) is 19.4 Å². The van der Waals surface area contributed by atoms with Crippen molar-refractivity contribution < 1.29 is 18.7 Å². The van der Waals surface area contributed by atoms with Crippen LogP contribution in [-0.4, -0.2) is 23.5 Å². The van der Waals surface area contributed by atoms with E-state index >= 15 is 0 Å². The molecular formula is C28H25N3O4S. The molecule has 3 N–H and O–H groups in total. The molecule has 182 valence electrons. The minimum absolute atomic E-state index is 0.144. The topological polar surface area (TPSA) is 92.6 Å². The third-order valence-electron chi connectivity index (χ3n) is 5.23. The molecule has 1 aromatic heterocycles. The van der Waals surface area contributed by atoms with Crippen LogP contribution < -0.4 is 20.7 Å². The molecule has 0 fully saturated rings. The SMILES string of the molecule is O=C(NCc1ccco1)c1ccc(NC(=S)NC(=O)c2cccc(OCCc3ccccc3)c2)cc1. The maximum atomic E-state index is 12.7. The van der Waals surface area contributed by atoms with Crippen LogP contribution in [0.25, 0.3) is 0 Å². The highest BCUT2D eigenvalue weighted by Gasteiger charge is 2.10. The molecular weight excluding hydrogens is 474 g/mol. The summed E-state index contributed by atoms with van der Waals surface area (Å²) in [5.74, 6) is 0.708. The lowest BCUT2D eigenvalue weighted by Gasteiger charge is -2.11. The van der Waals surface area contributed by atoms with Crippen molar-refractivity contribution in [3.63, 3.8) is 0 Å². The van der Waals surface area contributed by atoms with Crippen LogP contribution in [-0.2, 0) is 13.0 Å². The number of benzene rings is 3. The maximum Gasteiger partial charge on any atom is 0.257 e. The van der Waals surface area contributed by atoms with Crippen molar-refractivity contribution in [3.05, 3.63) is 120 Å². The molecule has 0 radical (unpaired) electrons. The number of hydrogen-bond acceptors (Lipinski definition) is 5. The van der Waals surface area contributed by atoms with Crippen molar-refractivity contribution >= 4 is 34.8 Å². The molecule has 1 heterocycles. The van der Waals surface area contributed by atoms with E-state index in [2.05, 4.69) is 16.0 Å². The van der Waals surface area contributed by atoms with E-state index in [1.54, 1.807) is 60.9 Å². The van der Waals surface area contributed by atoms with E-state index in [-0.39, 0.29) is 16.9 Å². The van der Waals surface area contributed by atoms with Crippen molar-refractivity contribution in [2.45, 2.75) is 13.0 Å². The largest absolute Gasteiger partial charge is 0.493 e. The molecule has 36 heavy (non-hydrogen) atoms. The molecule has 0 atom stereocenters. The zero-order valence-corrected chi connectivity index (χ0v) is 20.2. The van der Waals surface area contributed by atoms with Crippen LogP contribution in [0.3, 0.4) is 0 Å². The van der Waals surface area contributed by atoms with Crippen LogP contribution >= 0.6 is 12.2 Å². The fourth-order valence-corrected chi connectivity index (χ4v) is 3.59. The fraction of sp³-hybridized carbons (Fsp3) is 0.107. The Kier molecular flexibility index (Phi) is 8.45. The van der Waals surface area contributed by atoms with Crippen molar-refractivity contribution in [2.75, 3.05) is 11.9 Å². The molecule has 3 aromatic carbocycles. The lowest BCUT2D eigenvalue weighted by atomic mass is 10.2. The summed E-state index contributed by atoms with van der Waals surface area (Å²) in [5, 5.41) is 8.54. The third-order valence-corrected chi connectivity index (χ3v) is 5.44. The minimum atomic E-state index is -0.352. The molecule has 2 amide bonds. The molecule has 4 aromatic rings. The number of rotatable bonds is 9. The Morgan fingerprint density at radius 3 is 2.39 bits per heavy atom. The molecule has 0 aliphatic carbocycles. The summed E-state index contributed by atoms with van der Waals surface area (Å²) in [6.07, 6.45) is 2.33. The maximum absolute atomic E-state index is 12.7. The lowest BCUT2D eigenvalue weighted by Crippen LogP contribution is -2.34. The number of anilines is 1. The van der Waals surface area contributed by atoms with E-state index in [0.29, 0.717) is 41.5 Å². The molecule has 8 heteroatoms. The Bertz CT molecular complexity index is 1310. The second-order valence-corrected chi connectivity index (χ2v) is 8.27. The Labute approximate surface area is 214 Å². The third kappa shape index (κ3) is 7.28. The van der Waals surface area contributed by atoms with Crippen molar-refractivity contribution in [3.8, 4) is 5.75 Å². The van der Waals surface area contributed by atoms with Crippen molar-refractivity contribution in [1.82, 2.24) is 10.6 Å². The Morgan fingerprint density at radius 1 is 0.833 bits per heavy atom. The predicted molar refractivity (Wildman–Crippen MR) is 142 cm³/mol. The van der Waals surface area contributed by atoms with Crippen molar-refractivity contribution in [1.29, 1.82) is 0 Å². The zero-order valence-electron chi connectivity index (χ0n) is 19.4. The second-order valence-electron chi connectivity index (χ2n) is 7.86. The van der Waals surface area contributed by atoms with Crippen LogP contribution in [0.4, 0.5) is 5.69 Å². The molecule has 0 aliphatic rings. The first-order valence-corrected chi connectivity index (χ1v) is 11.8. The van der Waals surface area contributed by atoms with E-state index < -0.39 is 0 Å². The summed E-state index contributed by atoms with van der Waals surface area (Å²) in [7, 11) is 0. The van der Waals surface area contributed by atoms with Gasteiger partial charge in [0, 0.05) is 23.2 Å². The average Bonchev–Trinajstić information content (AvgIpc) is 3.42. The van der Waals surface area contributed by atoms with Gasteiger partial charge >= 0.3 is 0 Å². The summed E-state index contributed by atoms with van der Waals surface area (Å²) in [5.41, 5.74) is 2.75. The van der Waals surface area contributed by atoms with Gasteiger partial charge in [-0.05, 0) is 72.4 Å². The van der Waals surface area contributed by atoms with Gasteiger partial charge in [0.25, 0.3) is 11.8 Å². The minimum Gasteiger partial charge on any atom is -0.493 e. The second kappa shape index (κ2) is 12.3. The van der Waals surface area contributed by atoms with Gasteiger partial charge in [-0.15, -0.1) is 0 Å². The van der Waals surface area contributed by atoms with Gasteiger partial charge in [-0.2, -0.15) is 0 Å². The van der Waals surface area contributed by atoms with Crippen LogP contribution in [0.1, 0.15) is 32.0 Å². The molecule has 0 spiro atoms. The number of ether oxygens (including phenoxy) is 1. The first-order valence-electron chi connectivity index (χ1n) is 11.4. The number of thiocarbonyl (C=S) groups is 1. The first kappa shape index (κ1) is 24.7. The van der Waals surface area contributed by atoms with Gasteiger partial charge in [-0.1, -0.05) is 36.4 Å². The number of amides is 2. The molecule has 0 bridgehead atoms.